The van der Waals surface area contributed by atoms with Crippen LogP contribution in [0.2, 0.25) is 0 Å². The number of hydrogen-bond acceptors (Lipinski definition) is 4. The predicted molar refractivity (Wildman–Crippen MR) is 423 cm³/mol. The van der Waals surface area contributed by atoms with Gasteiger partial charge in [-0.05, 0) is 201 Å². The predicted octanol–water partition coefficient (Wildman–Crippen LogP) is 20.4. The van der Waals surface area contributed by atoms with E-state index >= 15 is 0 Å². The number of hydrogen-bond donors (Lipinski definition) is 0. The monoisotopic (exact) mass is 1290 g/mol. The first-order chi connectivity index (χ1) is 46.9. The van der Waals surface area contributed by atoms with Gasteiger partial charge in [0.05, 0.1) is 33.4 Å². The molecule has 10 aromatic carbocycles. The SMILES string of the molecule is CC(C)(C)Cc1cc2c(cc1CC(C)(C)C)n1c3ccc(C(C)(C)C)cc3c3c1n1c4c(c5cc(C(C)(C)C)ccc5n24)B2c4ccc(C(C)(C)C)cc4N(c4cccc5c4oc4ccccc45)c4cc5c(c-1c42)B3c1ccc(C(C)(C)C)cc1N5c1cccc2c1oc1ccccc12. The molecule has 0 radical (unpaired) electrons. The van der Waals surface area contributed by atoms with Crippen molar-refractivity contribution in [2.45, 2.75) is 159 Å². The molecule has 0 fully saturated rings. The van der Waals surface area contributed by atoms with Crippen LogP contribution >= 0.6 is 0 Å². The van der Waals surface area contributed by atoms with Crippen molar-refractivity contribution >= 4 is 168 Å². The molecule has 4 aliphatic heterocycles. The third-order valence-corrected chi connectivity index (χ3v) is 22.7. The van der Waals surface area contributed by atoms with E-state index in [-0.39, 0.29) is 45.9 Å². The zero-order chi connectivity index (χ0) is 68.6. The average molecular weight is 1290 g/mol. The molecule has 4 aliphatic rings. The van der Waals surface area contributed by atoms with Gasteiger partial charge in [-0.15, -0.1) is 0 Å². The smallest absolute Gasteiger partial charge is 0.255 e. The Bertz CT molecular complexity index is 5780. The summed E-state index contributed by atoms with van der Waals surface area (Å²) in [6.07, 6.45) is 1.88. The lowest BCUT2D eigenvalue weighted by atomic mass is 9.29. The first-order valence-electron chi connectivity index (χ1n) is 36.1. The second kappa shape index (κ2) is 19.6. The molecule has 0 N–H and O–H groups in total. The largest absolute Gasteiger partial charge is 0.454 e. The number of furan rings is 2. The van der Waals surface area contributed by atoms with Crippen molar-refractivity contribution in [2.24, 2.45) is 10.8 Å². The molecule has 9 heteroatoms. The maximum Gasteiger partial charge on any atom is 0.255 e. The van der Waals surface area contributed by atoms with E-state index in [9.17, 15) is 0 Å². The summed E-state index contributed by atoms with van der Waals surface area (Å²) in [6.45, 7) is 42.5. The van der Waals surface area contributed by atoms with Gasteiger partial charge in [0.2, 0.25) is 0 Å². The van der Waals surface area contributed by atoms with Crippen LogP contribution in [0.15, 0.2) is 185 Å². The highest BCUT2D eigenvalue weighted by Gasteiger charge is 2.53. The molecule has 9 heterocycles. The Balaban J connectivity index is 1.11. The Labute approximate surface area is 581 Å². The Hall–Kier alpha value is -9.59. The second-order valence-corrected chi connectivity index (χ2v) is 36.2. The van der Waals surface area contributed by atoms with Crippen molar-refractivity contribution in [3.8, 4) is 5.69 Å². The highest BCUT2D eigenvalue weighted by molar-refractivity contribution is 7.05. The molecule has 0 atom stereocenters. The lowest BCUT2D eigenvalue weighted by Crippen LogP contribution is -2.67. The summed E-state index contributed by atoms with van der Waals surface area (Å²) in [5.41, 5.74) is 33.9. The third-order valence-electron chi connectivity index (χ3n) is 22.7. The molecule has 490 valence electrons. The number of nitrogens with zero attached hydrogens (tertiary/aromatic N) is 5. The van der Waals surface area contributed by atoms with E-state index in [1.165, 1.54) is 116 Å². The van der Waals surface area contributed by atoms with E-state index in [0.717, 1.165) is 90.8 Å². The van der Waals surface area contributed by atoms with Gasteiger partial charge in [0.15, 0.2) is 11.2 Å². The third kappa shape index (κ3) is 8.52. The zero-order valence-corrected chi connectivity index (χ0v) is 60.9. The van der Waals surface area contributed by atoms with Gasteiger partial charge in [-0.2, -0.15) is 0 Å². The molecule has 0 saturated carbocycles. The van der Waals surface area contributed by atoms with Crippen LogP contribution in [0.1, 0.15) is 158 Å². The number of anilines is 6. The van der Waals surface area contributed by atoms with Crippen LogP contribution in [0, 0.1) is 10.8 Å². The summed E-state index contributed by atoms with van der Waals surface area (Å²) in [5, 5.41) is 6.99. The van der Waals surface area contributed by atoms with Crippen LogP contribution < -0.4 is 42.6 Å². The van der Waals surface area contributed by atoms with E-state index < -0.39 is 0 Å². The Morgan fingerprint density at radius 1 is 0.313 bits per heavy atom. The van der Waals surface area contributed by atoms with Crippen LogP contribution in [0.25, 0.3) is 93.7 Å². The highest BCUT2D eigenvalue weighted by atomic mass is 16.3. The van der Waals surface area contributed by atoms with Crippen molar-refractivity contribution in [1.82, 2.24) is 13.4 Å². The van der Waals surface area contributed by atoms with Gasteiger partial charge in [-0.1, -0.05) is 222 Å². The van der Waals surface area contributed by atoms with Gasteiger partial charge >= 0.3 is 0 Å². The first kappa shape index (κ1) is 60.6. The van der Waals surface area contributed by atoms with Gasteiger partial charge in [-0.25, -0.2) is 0 Å². The van der Waals surface area contributed by atoms with E-state index in [2.05, 4.69) is 324 Å². The van der Waals surface area contributed by atoms with Crippen molar-refractivity contribution in [3.05, 3.63) is 209 Å². The number of rotatable bonds is 4. The minimum atomic E-state index is -0.221. The van der Waals surface area contributed by atoms with E-state index in [0.29, 0.717) is 0 Å². The molecular formula is C90H87B2N5O2. The highest BCUT2D eigenvalue weighted by Crippen LogP contribution is 2.52. The average Bonchev–Trinajstić information content (AvgIpc) is 1.55. The lowest BCUT2D eigenvalue weighted by Gasteiger charge is -2.46. The summed E-state index contributed by atoms with van der Waals surface area (Å²) in [7, 11) is 0. The number of fused-ring (bicyclic) bond motifs is 21. The van der Waals surface area contributed by atoms with Crippen LogP contribution in [-0.2, 0) is 34.5 Å². The molecule has 15 aromatic rings. The number of benzene rings is 10. The molecule has 0 aliphatic carbocycles. The topological polar surface area (TPSA) is 46.5 Å². The van der Waals surface area contributed by atoms with Gasteiger partial charge in [0.1, 0.15) is 22.5 Å². The van der Waals surface area contributed by atoms with E-state index in [1.54, 1.807) is 0 Å². The maximum atomic E-state index is 7.32. The quantitative estimate of drug-likeness (QED) is 0.165. The zero-order valence-electron chi connectivity index (χ0n) is 60.9. The molecule has 5 aromatic heterocycles. The number of aromatic nitrogens is 3. The van der Waals surface area contributed by atoms with Gasteiger partial charge < -0.3 is 18.6 Å². The van der Waals surface area contributed by atoms with E-state index in [4.69, 9.17) is 8.83 Å². The van der Waals surface area contributed by atoms with Crippen LogP contribution in [-0.4, -0.2) is 26.8 Å². The van der Waals surface area contributed by atoms with E-state index in [1.807, 2.05) is 0 Å². The molecule has 0 unspecified atom stereocenters. The summed E-state index contributed by atoms with van der Waals surface area (Å²) in [4.78, 5) is 5.28. The summed E-state index contributed by atoms with van der Waals surface area (Å²) >= 11 is 0. The van der Waals surface area contributed by atoms with Crippen molar-refractivity contribution in [3.63, 3.8) is 0 Å². The lowest BCUT2D eigenvalue weighted by molar-refractivity contribution is 0.392. The van der Waals surface area contributed by atoms with Crippen molar-refractivity contribution in [2.75, 3.05) is 9.80 Å². The Kier molecular flexibility index (Phi) is 12.0. The summed E-state index contributed by atoms with van der Waals surface area (Å²) in [5.74, 6) is 0. The molecule has 7 nitrogen and oxygen atoms in total. The molecule has 0 amide bonds. The molecule has 0 saturated heterocycles. The second-order valence-electron chi connectivity index (χ2n) is 36.2. The molecule has 0 spiro atoms. The van der Waals surface area contributed by atoms with Gasteiger partial charge in [0, 0.05) is 50.0 Å². The summed E-state index contributed by atoms with van der Waals surface area (Å²) < 4.78 is 23.0. The standard InChI is InChI=1S/C90H87B2N5O2/c1-85(2,3)48-50-41-70-71(42-51(50)49-86(4,5)6)96-65-40-36-53(88(10,11)12)44-61(65)77-84(96)97-80-78-72(47-73-79(80)92(77)63-38-34-55(90(16,17)18)46-69(63)94(73)67-30-24-28-59-57-26-20-22-32-75(57)99-82(59)67)93(66-29-23-27-58-56-25-19-21-31-74(56)98-81(58)66)68-45-54(89(13,14)15)33-37-62(68)91(78)76-60-43-52(87(7,8)9)35-39-64(60)95(70)83(76)97/h19-47H,48-49H2,1-18H3. The molecule has 0 bridgehead atoms. The van der Waals surface area contributed by atoms with Gasteiger partial charge in [0.25, 0.3) is 13.4 Å². The molecular weight excluding hydrogens is 1200 g/mol. The minimum absolute atomic E-state index is 0.0143. The number of para-hydroxylation sites is 4. The fourth-order valence-corrected chi connectivity index (χ4v) is 18.1. The van der Waals surface area contributed by atoms with Crippen LogP contribution in [0.4, 0.5) is 34.1 Å². The van der Waals surface area contributed by atoms with Crippen LogP contribution in [0.5, 0.6) is 0 Å². The van der Waals surface area contributed by atoms with Gasteiger partial charge in [-0.3, -0.25) is 13.4 Å². The minimum Gasteiger partial charge on any atom is -0.454 e. The van der Waals surface area contributed by atoms with Crippen molar-refractivity contribution in [1.29, 1.82) is 0 Å². The Morgan fingerprint density at radius 3 is 1.08 bits per heavy atom. The van der Waals surface area contributed by atoms with Crippen LogP contribution in [0.3, 0.4) is 0 Å². The first-order valence-corrected chi connectivity index (χ1v) is 36.1. The fourth-order valence-electron chi connectivity index (χ4n) is 18.1. The maximum absolute atomic E-state index is 7.32. The molecule has 99 heavy (non-hydrogen) atoms. The Morgan fingerprint density at radius 2 is 0.687 bits per heavy atom. The normalized spacial score (nSPS) is 14.6. The fraction of sp³-hybridized carbons (Fsp3) is 0.289. The summed E-state index contributed by atoms with van der Waals surface area (Å²) in [6, 6.07) is 68.9. The molecule has 19 rings (SSSR count). The van der Waals surface area contributed by atoms with Crippen molar-refractivity contribution < 1.29 is 8.83 Å².